The summed E-state index contributed by atoms with van der Waals surface area (Å²) in [6.45, 7) is -3.23. The topological polar surface area (TPSA) is 57.7 Å². The fourth-order valence-electron chi connectivity index (χ4n) is 3.56. The van der Waals surface area contributed by atoms with Crippen molar-refractivity contribution in [3.8, 4) is 28.5 Å². The maximum atomic E-state index is 15.2. The predicted molar refractivity (Wildman–Crippen MR) is 107 cm³/mol. The summed E-state index contributed by atoms with van der Waals surface area (Å²) in [4.78, 5) is 16.0. The van der Waals surface area contributed by atoms with Crippen molar-refractivity contribution >= 4 is 17.9 Å². The van der Waals surface area contributed by atoms with Crippen molar-refractivity contribution in [2.45, 2.75) is 19.1 Å². The van der Waals surface area contributed by atoms with Crippen LogP contribution in [0.2, 0.25) is 5.02 Å². The van der Waals surface area contributed by atoms with E-state index < -0.39 is 24.3 Å². The summed E-state index contributed by atoms with van der Waals surface area (Å²) < 4.78 is 56.0. The average Bonchev–Trinajstić information content (AvgIpc) is 3.20. The number of aldehydes is 1. The molecule has 0 radical (unpaired) electrons. The molecule has 160 valence electrons. The van der Waals surface area contributed by atoms with Crippen LogP contribution in [0.25, 0.3) is 11.1 Å². The van der Waals surface area contributed by atoms with Crippen LogP contribution in [0.15, 0.2) is 42.5 Å². The van der Waals surface area contributed by atoms with Gasteiger partial charge in [-0.1, -0.05) is 17.7 Å². The van der Waals surface area contributed by atoms with Gasteiger partial charge in [0.25, 0.3) is 0 Å². The number of hydrogen-bond acceptors (Lipinski definition) is 5. The number of methoxy groups -OCH3 is 1. The normalized spacial score (nSPS) is 14.8. The lowest BCUT2D eigenvalue weighted by molar-refractivity contribution is -0.0521. The van der Waals surface area contributed by atoms with Crippen molar-refractivity contribution in [1.82, 2.24) is 4.98 Å². The second-order valence-electron chi connectivity index (χ2n) is 6.65. The summed E-state index contributed by atoms with van der Waals surface area (Å²) in [6, 6.07) is 10.5. The fraction of sp³-hybridized carbons (Fsp3) is 0.182. The largest absolute Gasteiger partial charge is 0.483 e. The first-order valence-corrected chi connectivity index (χ1v) is 9.52. The molecule has 0 aliphatic carbocycles. The second-order valence-corrected chi connectivity index (χ2v) is 7.06. The third kappa shape index (κ3) is 3.90. The monoisotopic (exact) mass is 449 g/mol. The highest BCUT2D eigenvalue weighted by Gasteiger charge is 2.32. The minimum atomic E-state index is -3.23. The average molecular weight is 450 g/mol. The summed E-state index contributed by atoms with van der Waals surface area (Å²) in [5.74, 6) is -0.968. The number of rotatable bonds is 6. The number of ether oxygens (including phenoxy) is 3. The van der Waals surface area contributed by atoms with Gasteiger partial charge in [-0.3, -0.25) is 4.79 Å². The molecular formula is C22H15ClF3NO4. The standard InChI is InChI=1S/C22H15ClF3NO4/c1-29-18-4-2-3-14(27-18)17-9-12-15(30-17)8-6-13(23)20(12)19-11(10-28)5-7-16(21(19)24)31-22(25)26/h2-8,10,17,22H,9H2,1H3. The lowest BCUT2D eigenvalue weighted by atomic mass is 9.92. The number of carbonyl (C=O) groups is 1. The van der Waals surface area contributed by atoms with E-state index in [1.54, 1.807) is 24.3 Å². The van der Waals surface area contributed by atoms with Gasteiger partial charge in [-0.15, -0.1) is 0 Å². The van der Waals surface area contributed by atoms with Gasteiger partial charge >= 0.3 is 6.61 Å². The van der Waals surface area contributed by atoms with Crippen LogP contribution in [0.3, 0.4) is 0 Å². The van der Waals surface area contributed by atoms with Gasteiger partial charge < -0.3 is 14.2 Å². The molecule has 1 unspecified atom stereocenters. The molecule has 3 aromatic rings. The minimum absolute atomic E-state index is 0.0580. The van der Waals surface area contributed by atoms with Gasteiger partial charge in [0.2, 0.25) is 5.88 Å². The van der Waals surface area contributed by atoms with Crippen LogP contribution >= 0.6 is 11.6 Å². The lowest BCUT2D eigenvalue weighted by Crippen LogP contribution is -2.07. The third-order valence-corrected chi connectivity index (χ3v) is 5.21. The molecule has 9 heteroatoms. The third-order valence-electron chi connectivity index (χ3n) is 4.89. The Kier molecular flexibility index (Phi) is 5.73. The Morgan fingerprint density at radius 2 is 2.00 bits per heavy atom. The van der Waals surface area contributed by atoms with E-state index in [1.165, 1.54) is 19.2 Å². The van der Waals surface area contributed by atoms with Crippen LogP contribution in [0.4, 0.5) is 13.2 Å². The Bertz CT molecular complexity index is 1160. The fourth-order valence-corrected chi connectivity index (χ4v) is 3.84. The summed E-state index contributed by atoms with van der Waals surface area (Å²) in [5, 5.41) is 0.137. The molecule has 1 atom stereocenters. The van der Waals surface area contributed by atoms with Crippen LogP contribution in [-0.4, -0.2) is 25.0 Å². The second kappa shape index (κ2) is 8.47. The maximum absolute atomic E-state index is 15.2. The van der Waals surface area contributed by atoms with Gasteiger partial charge in [-0.05, 0) is 30.3 Å². The highest BCUT2D eigenvalue weighted by atomic mass is 35.5. The number of carbonyl (C=O) groups excluding carboxylic acids is 1. The van der Waals surface area contributed by atoms with Crippen LogP contribution in [0.1, 0.15) is 27.7 Å². The molecule has 2 heterocycles. The number of benzene rings is 2. The van der Waals surface area contributed by atoms with Crippen molar-refractivity contribution in [3.63, 3.8) is 0 Å². The quantitative estimate of drug-likeness (QED) is 0.456. The van der Waals surface area contributed by atoms with Crippen LogP contribution in [-0.2, 0) is 6.42 Å². The Hall–Kier alpha value is -3.26. The van der Waals surface area contributed by atoms with E-state index in [1.807, 2.05) is 0 Å². The van der Waals surface area contributed by atoms with Gasteiger partial charge in [-0.25, -0.2) is 9.37 Å². The van der Waals surface area contributed by atoms with Crippen molar-refractivity contribution in [2.75, 3.05) is 7.11 Å². The SMILES string of the molecule is COc1cccc(C2Cc3c(ccc(Cl)c3-c3c(C=O)ccc(OC(F)F)c3F)O2)n1. The van der Waals surface area contributed by atoms with Gasteiger partial charge in [-0.2, -0.15) is 8.78 Å². The lowest BCUT2D eigenvalue weighted by Gasteiger charge is -2.15. The molecule has 1 aliphatic rings. The van der Waals surface area contributed by atoms with Crippen molar-refractivity contribution in [2.24, 2.45) is 0 Å². The van der Waals surface area contributed by atoms with Crippen molar-refractivity contribution < 1.29 is 32.2 Å². The number of aromatic nitrogens is 1. The molecule has 4 rings (SSSR count). The Labute approximate surface area is 180 Å². The number of alkyl halides is 2. The first-order chi connectivity index (χ1) is 14.9. The van der Waals surface area contributed by atoms with E-state index in [-0.39, 0.29) is 28.1 Å². The van der Waals surface area contributed by atoms with Gasteiger partial charge in [0.1, 0.15) is 11.9 Å². The summed E-state index contributed by atoms with van der Waals surface area (Å²) >= 11 is 6.38. The molecule has 0 saturated heterocycles. The van der Waals surface area contributed by atoms with Gasteiger partial charge in [0.05, 0.1) is 12.8 Å². The summed E-state index contributed by atoms with van der Waals surface area (Å²) in [6.07, 6.45) is 0.186. The van der Waals surface area contributed by atoms with E-state index >= 15 is 4.39 Å². The van der Waals surface area contributed by atoms with E-state index in [0.717, 1.165) is 6.07 Å². The van der Waals surface area contributed by atoms with Gasteiger partial charge in [0, 0.05) is 39.8 Å². The number of pyridine rings is 1. The zero-order valence-corrected chi connectivity index (χ0v) is 16.8. The van der Waals surface area contributed by atoms with Crippen molar-refractivity contribution in [3.05, 3.63) is 70.1 Å². The maximum Gasteiger partial charge on any atom is 0.387 e. The highest BCUT2D eigenvalue weighted by molar-refractivity contribution is 6.33. The molecule has 0 spiro atoms. The Balaban J connectivity index is 1.83. The first-order valence-electron chi connectivity index (χ1n) is 9.14. The molecule has 0 saturated carbocycles. The Morgan fingerprint density at radius 3 is 2.71 bits per heavy atom. The van der Waals surface area contributed by atoms with E-state index in [4.69, 9.17) is 21.1 Å². The zero-order chi connectivity index (χ0) is 22.1. The molecule has 1 aromatic heterocycles. The summed E-state index contributed by atoms with van der Waals surface area (Å²) in [5.41, 5.74) is 1.01. The molecule has 0 N–H and O–H groups in total. The van der Waals surface area contributed by atoms with E-state index in [2.05, 4.69) is 9.72 Å². The molecule has 5 nitrogen and oxygen atoms in total. The highest BCUT2D eigenvalue weighted by Crippen LogP contribution is 2.47. The predicted octanol–water partition coefficient (Wildman–Crippen LogP) is 5.64. The number of hydrogen-bond donors (Lipinski definition) is 0. The van der Waals surface area contributed by atoms with E-state index in [9.17, 15) is 13.6 Å². The molecule has 0 amide bonds. The number of fused-ring (bicyclic) bond motifs is 1. The van der Waals surface area contributed by atoms with E-state index in [0.29, 0.717) is 29.2 Å². The van der Waals surface area contributed by atoms with Crippen LogP contribution in [0, 0.1) is 5.82 Å². The zero-order valence-electron chi connectivity index (χ0n) is 16.1. The van der Waals surface area contributed by atoms with Crippen LogP contribution < -0.4 is 14.2 Å². The minimum Gasteiger partial charge on any atom is -0.483 e. The number of nitrogens with zero attached hydrogens (tertiary/aromatic N) is 1. The number of halogens is 4. The summed E-state index contributed by atoms with van der Waals surface area (Å²) in [7, 11) is 1.49. The molecule has 31 heavy (non-hydrogen) atoms. The molecule has 1 aliphatic heterocycles. The Morgan fingerprint density at radius 1 is 1.19 bits per heavy atom. The first kappa shape index (κ1) is 21.0. The molecule has 2 aromatic carbocycles. The van der Waals surface area contributed by atoms with Crippen molar-refractivity contribution in [1.29, 1.82) is 0 Å². The van der Waals surface area contributed by atoms with Crippen LogP contribution in [0.5, 0.6) is 17.4 Å². The smallest absolute Gasteiger partial charge is 0.387 e. The molecule has 0 fully saturated rings. The molecular weight excluding hydrogens is 435 g/mol. The molecule has 0 bridgehead atoms. The van der Waals surface area contributed by atoms with Gasteiger partial charge in [0.15, 0.2) is 17.9 Å².